The van der Waals surface area contributed by atoms with Crippen molar-refractivity contribution in [3.05, 3.63) is 35.4 Å². The Balaban J connectivity index is 0.00000256. The number of nitrogens with one attached hydrogen (secondary N) is 1. The van der Waals surface area contributed by atoms with Crippen LogP contribution in [-0.4, -0.2) is 11.9 Å². The number of halogens is 1. The van der Waals surface area contributed by atoms with Gasteiger partial charge in [0, 0.05) is 19.0 Å². The van der Waals surface area contributed by atoms with E-state index in [4.69, 9.17) is 5.73 Å². The smallest absolute Gasteiger partial charge is 0.220 e. The lowest BCUT2D eigenvalue weighted by Gasteiger charge is -2.08. The van der Waals surface area contributed by atoms with Crippen molar-refractivity contribution in [2.24, 2.45) is 5.73 Å². The molecular weight excluding hydrogens is 236 g/mol. The fourth-order valence-electron chi connectivity index (χ4n) is 1.45. The zero-order valence-corrected chi connectivity index (χ0v) is 11.2. The average molecular weight is 257 g/mol. The lowest BCUT2D eigenvalue weighted by molar-refractivity contribution is -0.121. The molecule has 0 spiro atoms. The number of carbonyl (C=O) groups is 1. The van der Waals surface area contributed by atoms with Crippen molar-refractivity contribution >= 4 is 18.3 Å². The normalized spacial score (nSPS) is 11.5. The molecule has 1 atom stereocenters. The maximum atomic E-state index is 11.5. The van der Waals surface area contributed by atoms with Crippen LogP contribution in [0.5, 0.6) is 0 Å². The minimum Gasteiger partial charge on any atom is -0.352 e. The first-order valence-electron chi connectivity index (χ1n) is 5.66. The highest BCUT2D eigenvalue weighted by molar-refractivity contribution is 5.85. The summed E-state index contributed by atoms with van der Waals surface area (Å²) in [5.74, 6) is 0.0700. The Kier molecular flexibility index (Phi) is 7.59. The fourth-order valence-corrected chi connectivity index (χ4v) is 1.45. The van der Waals surface area contributed by atoms with Gasteiger partial charge in [-0.3, -0.25) is 4.79 Å². The number of aryl methyl sites for hydroxylation is 1. The lowest BCUT2D eigenvalue weighted by Crippen LogP contribution is -2.25. The van der Waals surface area contributed by atoms with Gasteiger partial charge < -0.3 is 11.1 Å². The summed E-state index contributed by atoms with van der Waals surface area (Å²) < 4.78 is 0. The van der Waals surface area contributed by atoms with Crippen LogP contribution in [0.2, 0.25) is 0 Å². The Morgan fingerprint density at radius 3 is 2.65 bits per heavy atom. The first kappa shape index (κ1) is 15.9. The van der Waals surface area contributed by atoms with E-state index in [0.717, 1.165) is 12.0 Å². The van der Waals surface area contributed by atoms with Crippen LogP contribution >= 0.6 is 12.4 Å². The Labute approximate surface area is 109 Å². The molecule has 1 aromatic rings. The second kappa shape index (κ2) is 8.09. The fraction of sp³-hybridized carbons (Fsp3) is 0.462. The molecule has 0 aromatic heterocycles. The molecule has 1 aromatic carbocycles. The molecule has 1 rings (SSSR count). The summed E-state index contributed by atoms with van der Waals surface area (Å²) in [7, 11) is 0. The molecule has 0 aliphatic carbocycles. The van der Waals surface area contributed by atoms with E-state index in [0.29, 0.717) is 13.0 Å². The molecule has 3 N–H and O–H groups in total. The molecular formula is C13H21ClN2O. The maximum Gasteiger partial charge on any atom is 0.220 e. The predicted molar refractivity (Wildman–Crippen MR) is 73.2 cm³/mol. The van der Waals surface area contributed by atoms with E-state index >= 15 is 0 Å². The molecule has 3 nitrogen and oxygen atoms in total. The third kappa shape index (κ3) is 6.29. The second-order valence-corrected chi connectivity index (χ2v) is 4.22. The standard InChI is InChI=1S/C13H20N2O.ClH/c1-10-5-3-4-6-12(10)9-15-13(16)8-7-11(2)14;/h3-6,11H,7-9,14H2,1-2H3,(H,15,16);1H. The van der Waals surface area contributed by atoms with Crippen LogP contribution in [0.25, 0.3) is 0 Å². The molecule has 96 valence electrons. The van der Waals surface area contributed by atoms with Crippen molar-refractivity contribution in [1.29, 1.82) is 0 Å². The molecule has 4 heteroatoms. The van der Waals surface area contributed by atoms with Crippen molar-refractivity contribution in [3.8, 4) is 0 Å². The van der Waals surface area contributed by atoms with Crippen molar-refractivity contribution in [2.45, 2.75) is 39.3 Å². The number of rotatable bonds is 5. The van der Waals surface area contributed by atoms with E-state index in [1.165, 1.54) is 5.56 Å². The van der Waals surface area contributed by atoms with Gasteiger partial charge in [-0.15, -0.1) is 12.4 Å². The molecule has 0 aliphatic rings. The quantitative estimate of drug-likeness (QED) is 0.848. The van der Waals surface area contributed by atoms with Crippen LogP contribution in [0, 0.1) is 6.92 Å². The largest absolute Gasteiger partial charge is 0.352 e. The van der Waals surface area contributed by atoms with Gasteiger partial charge in [-0.05, 0) is 31.4 Å². The SMILES string of the molecule is Cc1ccccc1CNC(=O)CCC(C)N.Cl. The maximum absolute atomic E-state index is 11.5. The van der Waals surface area contributed by atoms with Crippen LogP contribution in [0.1, 0.15) is 30.9 Å². The Bertz CT molecular complexity index is 353. The summed E-state index contributed by atoms with van der Waals surface area (Å²) in [6, 6.07) is 8.14. The van der Waals surface area contributed by atoms with Gasteiger partial charge in [0.25, 0.3) is 0 Å². The van der Waals surface area contributed by atoms with Crippen molar-refractivity contribution in [2.75, 3.05) is 0 Å². The zero-order chi connectivity index (χ0) is 12.0. The predicted octanol–water partition coefficient (Wildman–Crippen LogP) is 2.16. The van der Waals surface area contributed by atoms with Crippen molar-refractivity contribution in [3.63, 3.8) is 0 Å². The monoisotopic (exact) mass is 256 g/mol. The number of hydrogen-bond donors (Lipinski definition) is 2. The molecule has 0 fully saturated rings. The second-order valence-electron chi connectivity index (χ2n) is 4.22. The van der Waals surface area contributed by atoms with Gasteiger partial charge in [-0.1, -0.05) is 24.3 Å². The minimum atomic E-state index is 0. The summed E-state index contributed by atoms with van der Waals surface area (Å²) in [4.78, 5) is 11.5. The summed E-state index contributed by atoms with van der Waals surface area (Å²) in [6.45, 7) is 4.56. The molecule has 0 bridgehead atoms. The first-order chi connectivity index (χ1) is 7.59. The van der Waals surface area contributed by atoms with Gasteiger partial charge in [0.2, 0.25) is 5.91 Å². The summed E-state index contributed by atoms with van der Waals surface area (Å²) in [6.07, 6.45) is 1.24. The summed E-state index contributed by atoms with van der Waals surface area (Å²) in [5, 5.41) is 2.90. The topological polar surface area (TPSA) is 55.1 Å². The third-order valence-corrected chi connectivity index (χ3v) is 2.56. The van der Waals surface area contributed by atoms with Crippen LogP contribution in [0.15, 0.2) is 24.3 Å². The van der Waals surface area contributed by atoms with Gasteiger partial charge in [-0.25, -0.2) is 0 Å². The molecule has 1 unspecified atom stereocenters. The van der Waals surface area contributed by atoms with E-state index in [9.17, 15) is 4.79 Å². The zero-order valence-electron chi connectivity index (χ0n) is 10.4. The molecule has 0 saturated carbocycles. The molecule has 0 aliphatic heterocycles. The Hall–Kier alpha value is -1.06. The third-order valence-electron chi connectivity index (χ3n) is 2.56. The average Bonchev–Trinajstić information content (AvgIpc) is 2.25. The highest BCUT2D eigenvalue weighted by Crippen LogP contribution is 2.06. The first-order valence-corrected chi connectivity index (χ1v) is 5.66. The van der Waals surface area contributed by atoms with Crippen LogP contribution in [-0.2, 0) is 11.3 Å². The van der Waals surface area contributed by atoms with E-state index < -0.39 is 0 Å². The number of carbonyl (C=O) groups excluding carboxylic acids is 1. The van der Waals surface area contributed by atoms with Crippen molar-refractivity contribution in [1.82, 2.24) is 5.32 Å². The molecule has 0 heterocycles. The number of benzene rings is 1. The molecule has 0 saturated heterocycles. The molecule has 17 heavy (non-hydrogen) atoms. The van der Waals surface area contributed by atoms with Crippen LogP contribution in [0.4, 0.5) is 0 Å². The molecule has 1 amide bonds. The lowest BCUT2D eigenvalue weighted by atomic mass is 10.1. The van der Waals surface area contributed by atoms with Gasteiger partial charge in [-0.2, -0.15) is 0 Å². The molecule has 0 radical (unpaired) electrons. The summed E-state index contributed by atoms with van der Waals surface area (Å²) >= 11 is 0. The van der Waals surface area contributed by atoms with Crippen molar-refractivity contribution < 1.29 is 4.79 Å². The van der Waals surface area contributed by atoms with Gasteiger partial charge in [0.15, 0.2) is 0 Å². The van der Waals surface area contributed by atoms with E-state index in [1.54, 1.807) is 0 Å². The highest BCUT2D eigenvalue weighted by Gasteiger charge is 2.04. The number of amides is 1. The van der Waals surface area contributed by atoms with E-state index in [2.05, 4.69) is 5.32 Å². The van der Waals surface area contributed by atoms with Crippen LogP contribution < -0.4 is 11.1 Å². The number of nitrogens with two attached hydrogens (primary N) is 1. The van der Waals surface area contributed by atoms with E-state index in [-0.39, 0.29) is 24.4 Å². The summed E-state index contributed by atoms with van der Waals surface area (Å²) in [5.41, 5.74) is 7.96. The minimum absolute atomic E-state index is 0. The van der Waals surface area contributed by atoms with Gasteiger partial charge in [0.05, 0.1) is 0 Å². The Morgan fingerprint density at radius 2 is 2.06 bits per heavy atom. The van der Waals surface area contributed by atoms with Gasteiger partial charge in [0.1, 0.15) is 0 Å². The van der Waals surface area contributed by atoms with Gasteiger partial charge >= 0.3 is 0 Å². The highest BCUT2D eigenvalue weighted by atomic mass is 35.5. The number of hydrogen-bond acceptors (Lipinski definition) is 2. The Morgan fingerprint density at radius 1 is 1.41 bits per heavy atom. The van der Waals surface area contributed by atoms with E-state index in [1.807, 2.05) is 38.1 Å². The van der Waals surface area contributed by atoms with Crippen LogP contribution in [0.3, 0.4) is 0 Å².